The van der Waals surface area contributed by atoms with Crippen LogP contribution in [-0.2, 0) is 4.74 Å². The van der Waals surface area contributed by atoms with E-state index in [4.69, 9.17) is 4.74 Å². The minimum absolute atomic E-state index is 0.120. The summed E-state index contributed by atoms with van der Waals surface area (Å²) in [6.07, 6.45) is 1.87. The van der Waals surface area contributed by atoms with Crippen molar-refractivity contribution in [3.8, 4) is 0 Å². The van der Waals surface area contributed by atoms with Crippen molar-refractivity contribution in [2.75, 3.05) is 20.3 Å². The molecule has 0 radical (unpaired) electrons. The van der Waals surface area contributed by atoms with Gasteiger partial charge in [0.05, 0.1) is 5.56 Å². The molecule has 1 aliphatic rings. The van der Waals surface area contributed by atoms with Crippen molar-refractivity contribution in [3.63, 3.8) is 0 Å². The van der Waals surface area contributed by atoms with Gasteiger partial charge in [0.25, 0.3) is 5.91 Å². The molecule has 0 N–H and O–H groups in total. The molecular formula is C14H18INO2. The lowest BCUT2D eigenvalue weighted by Crippen LogP contribution is -2.40. The molecule has 1 amide bonds. The van der Waals surface area contributed by atoms with Crippen LogP contribution in [0.25, 0.3) is 0 Å². The number of amides is 1. The van der Waals surface area contributed by atoms with Crippen LogP contribution in [0.4, 0.5) is 0 Å². The van der Waals surface area contributed by atoms with E-state index in [9.17, 15) is 4.79 Å². The Morgan fingerprint density at radius 2 is 2.06 bits per heavy atom. The topological polar surface area (TPSA) is 29.5 Å². The molecule has 0 aromatic heterocycles. The smallest absolute Gasteiger partial charge is 0.254 e. The normalized spacial score (nSPS) is 16.6. The molecule has 0 unspecified atom stereocenters. The second-order valence-electron chi connectivity index (χ2n) is 4.70. The Kier molecular flexibility index (Phi) is 4.61. The third-order valence-corrected chi connectivity index (χ3v) is 4.91. The fourth-order valence-electron chi connectivity index (χ4n) is 2.24. The number of carbonyl (C=O) groups excluding carboxylic acids is 1. The average Bonchev–Trinajstić information content (AvgIpc) is 2.41. The lowest BCUT2D eigenvalue weighted by molar-refractivity contribution is 0.0361. The summed E-state index contributed by atoms with van der Waals surface area (Å²) in [5, 5.41) is 0. The van der Waals surface area contributed by atoms with Crippen molar-refractivity contribution in [2.45, 2.75) is 25.8 Å². The summed E-state index contributed by atoms with van der Waals surface area (Å²) in [6, 6.07) is 6.20. The zero-order chi connectivity index (χ0) is 13.1. The van der Waals surface area contributed by atoms with E-state index in [-0.39, 0.29) is 5.91 Å². The van der Waals surface area contributed by atoms with Gasteiger partial charge in [0.15, 0.2) is 0 Å². The van der Waals surface area contributed by atoms with Crippen LogP contribution in [0, 0.1) is 10.5 Å². The molecule has 0 bridgehead atoms. The zero-order valence-corrected chi connectivity index (χ0v) is 12.9. The van der Waals surface area contributed by atoms with E-state index in [2.05, 4.69) is 22.6 Å². The summed E-state index contributed by atoms with van der Waals surface area (Å²) in [6.45, 7) is 3.55. The maximum Gasteiger partial charge on any atom is 0.254 e. The van der Waals surface area contributed by atoms with Crippen molar-refractivity contribution in [3.05, 3.63) is 32.9 Å². The first kappa shape index (κ1) is 13.8. The first-order valence-corrected chi connectivity index (χ1v) is 7.29. The molecule has 1 aliphatic heterocycles. The molecule has 0 saturated carbocycles. The van der Waals surface area contributed by atoms with Gasteiger partial charge in [-0.05, 0) is 54.0 Å². The fourth-order valence-corrected chi connectivity index (χ4v) is 2.83. The second kappa shape index (κ2) is 6.02. The molecule has 1 aromatic rings. The van der Waals surface area contributed by atoms with Crippen molar-refractivity contribution >= 4 is 28.5 Å². The van der Waals surface area contributed by atoms with Gasteiger partial charge in [0.1, 0.15) is 0 Å². The number of nitrogens with zero attached hydrogens (tertiary/aromatic N) is 1. The van der Waals surface area contributed by atoms with Gasteiger partial charge in [-0.1, -0.05) is 12.1 Å². The highest BCUT2D eigenvalue weighted by molar-refractivity contribution is 14.1. The molecule has 2 rings (SSSR count). The predicted octanol–water partition coefficient (Wildman–Crippen LogP) is 2.85. The third-order valence-electron chi connectivity index (χ3n) is 3.48. The van der Waals surface area contributed by atoms with E-state index in [1.54, 1.807) is 0 Å². The van der Waals surface area contributed by atoms with Crippen LogP contribution >= 0.6 is 22.6 Å². The summed E-state index contributed by atoms with van der Waals surface area (Å²) in [4.78, 5) is 14.4. The Bertz CT molecular complexity index is 441. The van der Waals surface area contributed by atoms with Crippen molar-refractivity contribution in [2.24, 2.45) is 0 Å². The Morgan fingerprint density at radius 3 is 2.72 bits per heavy atom. The summed E-state index contributed by atoms with van der Waals surface area (Å²) < 4.78 is 6.39. The van der Waals surface area contributed by atoms with Crippen LogP contribution < -0.4 is 0 Å². The Morgan fingerprint density at radius 1 is 1.39 bits per heavy atom. The minimum Gasteiger partial charge on any atom is -0.381 e. The van der Waals surface area contributed by atoms with E-state index < -0.39 is 0 Å². The molecule has 4 heteroatoms. The standard InChI is InChI=1S/C14H18INO2/c1-10-4-3-5-12(13(10)15)14(17)16(2)11-6-8-18-9-7-11/h3-5,11H,6-9H2,1-2H3. The van der Waals surface area contributed by atoms with Gasteiger partial charge < -0.3 is 9.64 Å². The number of hydrogen-bond donors (Lipinski definition) is 0. The second-order valence-corrected chi connectivity index (χ2v) is 5.77. The van der Waals surface area contributed by atoms with Crippen LogP contribution in [0.1, 0.15) is 28.8 Å². The summed E-state index contributed by atoms with van der Waals surface area (Å²) in [7, 11) is 1.90. The molecule has 98 valence electrons. The highest BCUT2D eigenvalue weighted by Gasteiger charge is 2.24. The maximum absolute atomic E-state index is 12.5. The first-order valence-electron chi connectivity index (χ1n) is 6.21. The molecule has 18 heavy (non-hydrogen) atoms. The highest BCUT2D eigenvalue weighted by atomic mass is 127. The third kappa shape index (κ3) is 2.85. The Balaban J connectivity index is 2.17. The SMILES string of the molecule is Cc1cccc(C(=O)N(C)C2CCOCC2)c1I. The van der Waals surface area contributed by atoms with Gasteiger partial charge >= 0.3 is 0 Å². The van der Waals surface area contributed by atoms with E-state index in [1.807, 2.05) is 37.1 Å². The monoisotopic (exact) mass is 359 g/mol. The van der Waals surface area contributed by atoms with Gasteiger partial charge in [-0.15, -0.1) is 0 Å². The number of aryl methyl sites for hydroxylation is 1. The van der Waals surface area contributed by atoms with E-state index >= 15 is 0 Å². The largest absolute Gasteiger partial charge is 0.381 e. The fraction of sp³-hybridized carbons (Fsp3) is 0.500. The molecule has 3 nitrogen and oxygen atoms in total. The Hall–Kier alpha value is -0.620. The van der Waals surface area contributed by atoms with E-state index in [1.165, 1.54) is 0 Å². The number of carbonyl (C=O) groups is 1. The molecule has 1 aromatic carbocycles. The van der Waals surface area contributed by atoms with Gasteiger partial charge in [-0.25, -0.2) is 0 Å². The Labute approximate surface area is 122 Å². The zero-order valence-electron chi connectivity index (χ0n) is 10.8. The molecule has 1 saturated heterocycles. The predicted molar refractivity (Wildman–Crippen MR) is 79.8 cm³/mol. The van der Waals surface area contributed by atoms with Crippen LogP contribution in [0.15, 0.2) is 18.2 Å². The van der Waals surface area contributed by atoms with Crippen molar-refractivity contribution in [1.29, 1.82) is 0 Å². The van der Waals surface area contributed by atoms with Crippen LogP contribution in [0.5, 0.6) is 0 Å². The first-order chi connectivity index (χ1) is 8.61. The van der Waals surface area contributed by atoms with Crippen LogP contribution in [0.3, 0.4) is 0 Å². The molecular weight excluding hydrogens is 341 g/mol. The average molecular weight is 359 g/mol. The highest BCUT2D eigenvalue weighted by Crippen LogP contribution is 2.21. The molecule has 1 heterocycles. The van der Waals surface area contributed by atoms with Gasteiger partial charge in [0, 0.05) is 29.9 Å². The van der Waals surface area contributed by atoms with Crippen LogP contribution in [-0.4, -0.2) is 37.1 Å². The lowest BCUT2D eigenvalue weighted by Gasteiger charge is -2.31. The van der Waals surface area contributed by atoms with Crippen molar-refractivity contribution < 1.29 is 9.53 Å². The summed E-state index contributed by atoms with van der Waals surface area (Å²) in [5.41, 5.74) is 1.96. The quantitative estimate of drug-likeness (QED) is 0.760. The van der Waals surface area contributed by atoms with Crippen molar-refractivity contribution in [1.82, 2.24) is 4.90 Å². The van der Waals surface area contributed by atoms with Crippen LogP contribution in [0.2, 0.25) is 0 Å². The number of hydrogen-bond acceptors (Lipinski definition) is 2. The summed E-state index contributed by atoms with van der Waals surface area (Å²) in [5.74, 6) is 0.120. The number of ether oxygens (including phenoxy) is 1. The maximum atomic E-state index is 12.5. The lowest BCUT2D eigenvalue weighted by atomic mass is 10.1. The van der Waals surface area contributed by atoms with Gasteiger partial charge in [-0.3, -0.25) is 4.79 Å². The molecule has 0 atom stereocenters. The summed E-state index contributed by atoms with van der Waals surface area (Å²) >= 11 is 2.25. The number of rotatable bonds is 2. The number of benzene rings is 1. The molecule has 1 fully saturated rings. The molecule has 0 spiro atoms. The van der Waals surface area contributed by atoms with E-state index in [0.29, 0.717) is 6.04 Å². The van der Waals surface area contributed by atoms with Gasteiger partial charge in [-0.2, -0.15) is 0 Å². The van der Waals surface area contributed by atoms with Gasteiger partial charge in [0.2, 0.25) is 0 Å². The molecule has 0 aliphatic carbocycles. The minimum atomic E-state index is 0.120. The number of halogens is 1. The van der Waals surface area contributed by atoms with E-state index in [0.717, 1.165) is 40.8 Å².